The molecule has 3 heteroatoms. The summed E-state index contributed by atoms with van der Waals surface area (Å²) in [5.41, 5.74) is 3.75. The van der Waals surface area contributed by atoms with Crippen LogP contribution in [0.15, 0.2) is 103 Å². The summed E-state index contributed by atoms with van der Waals surface area (Å²) in [5, 5.41) is 2.26. The number of carbonyl (C=O) groups excluding carboxylic acids is 2. The fourth-order valence-electron chi connectivity index (χ4n) is 3.81. The molecule has 0 bridgehead atoms. The molecule has 0 heterocycles. The molecule has 0 unspecified atom stereocenters. The number of carbonyl (C=O) groups is 2. The summed E-state index contributed by atoms with van der Waals surface area (Å²) in [5.74, 6) is -0.962. The van der Waals surface area contributed by atoms with Gasteiger partial charge in [-0.2, -0.15) is 0 Å². The predicted octanol–water partition coefficient (Wildman–Crippen LogP) is 5.78. The molecule has 5 rings (SSSR count). The van der Waals surface area contributed by atoms with Crippen LogP contribution in [0.2, 0.25) is 0 Å². The maximum Gasteiger partial charge on any atom is 0.233 e. The second-order valence-corrected chi connectivity index (χ2v) is 6.97. The van der Waals surface area contributed by atoms with E-state index in [1.54, 1.807) is 12.1 Å². The average Bonchev–Trinajstić information content (AvgIpc) is 2.78. The van der Waals surface area contributed by atoms with Crippen LogP contribution < -0.4 is 4.90 Å². The van der Waals surface area contributed by atoms with Crippen LogP contribution >= 0.6 is 0 Å². The van der Waals surface area contributed by atoms with Gasteiger partial charge in [0, 0.05) is 28.6 Å². The molecule has 0 aromatic heterocycles. The lowest BCUT2D eigenvalue weighted by atomic mass is 9.91. The minimum Gasteiger partial charge on any atom is -0.310 e. The molecule has 0 amide bonds. The standard InChI is InChI=1S/C26H17NO2/c28-25-17-24(22-12-6-7-13-23(22)26(25)29)27(20-10-2-1-3-11-20)21-15-14-18-8-4-5-9-19(18)16-21/h1-17H. The highest BCUT2D eigenvalue weighted by Gasteiger charge is 2.29. The van der Waals surface area contributed by atoms with Gasteiger partial charge in [-0.15, -0.1) is 0 Å². The summed E-state index contributed by atoms with van der Waals surface area (Å²) >= 11 is 0. The van der Waals surface area contributed by atoms with Crippen LogP contribution in [-0.2, 0) is 4.79 Å². The molecule has 0 saturated heterocycles. The number of Topliss-reactive ketones (excluding diaryl/α,β-unsaturated/α-hetero) is 1. The smallest absolute Gasteiger partial charge is 0.233 e. The number of anilines is 2. The number of nitrogens with zero attached hydrogens (tertiary/aromatic N) is 1. The van der Waals surface area contributed by atoms with E-state index in [0.29, 0.717) is 11.3 Å². The zero-order valence-corrected chi connectivity index (χ0v) is 15.6. The Labute approximate surface area is 168 Å². The Hall–Kier alpha value is -3.98. The summed E-state index contributed by atoms with van der Waals surface area (Å²) in [7, 11) is 0. The van der Waals surface area contributed by atoms with Crippen molar-refractivity contribution in [3.8, 4) is 0 Å². The van der Waals surface area contributed by atoms with Gasteiger partial charge in [-0.1, -0.05) is 72.8 Å². The molecule has 4 aromatic carbocycles. The Morgan fingerprint density at radius 1 is 0.552 bits per heavy atom. The van der Waals surface area contributed by atoms with E-state index in [0.717, 1.165) is 27.7 Å². The van der Waals surface area contributed by atoms with Crippen LogP contribution in [0.3, 0.4) is 0 Å². The number of allylic oxidation sites excluding steroid dienone is 1. The minimum absolute atomic E-state index is 0.441. The van der Waals surface area contributed by atoms with E-state index in [2.05, 4.69) is 24.3 Å². The van der Waals surface area contributed by atoms with Gasteiger partial charge >= 0.3 is 0 Å². The van der Waals surface area contributed by atoms with Gasteiger partial charge in [0.2, 0.25) is 11.6 Å². The lowest BCUT2D eigenvalue weighted by Gasteiger charge is -2.30. The molecular formula is C26H17NO2. The van der Waals surface area contributed by atoms with Crippen LogP contribution in [0.4, 0.5) is 11.4 Å². The molecule has 138 valence electrons. The zero-order valence-electron chi connectivity index (χ0n) is 15.6. The van der Waals surface area contributed by atoms with E-state index in [9.17, 15) is 9.59 Å². The number of hydrogen-bond donors (Lipinski definition) is 0. The van der Waals surface area contributed by atoms with Crippen molar-refractivity contribution in [1.29, 1.82) is 0 Å². The van der Waals surface area contributed by atoms with E-state index in [4.69, 9.17) is 0 Å². The second kappa shape index (κ2) is 6.88. The Balaban J connectivity index is 1.76. The molecule has 29 heavy (non-hydrogen) atoms. The fourth-order valence-corrected chi connectivity index (χ4v) is 3.81. The SMILES string of the molecule is O=C1C=C(N(c2ccccc2)c2ccc3ccccc3c2)c2ccccc2C1=O. The Morgan fingerprint density at radius 2 is 1.21 bits per heavy atom. The molecule has 0 N–H and O–H groups in total. The van der Waals surface area contributed by atoms with Gasteiger partial charge < -0.3 is 4.90 Å². The molecule has 1 aliphatic carbocycles. The van der Waals surface area contributed by atoms with Gasteiger partial charge in [-0.25, -0.2) is 0 Å². The van der Waals surface area contributed by atoms with Crippen molar-refractivity contribution in [1.82, 2.24) is 0 Å². The molecule has 3 nitrogen and oxygen atoms in total. The zero-order chi connectivity index (χ0) is 19.8. The highest BCUT2D eigenvalue weighted by Crippen LogP contribution is 2.38. The lowest BCUT2D eigenvalue weighted by Crippen LogP contribution is -2.25. The summed E-state index contributed by atoms with van der Waals surface area (Å²) in [6.45, 7) is 0. The Kier molecular flexibility index (Phi) is 4.07. The van der Waals surface area contributed by atoms with Gasteiger partial charge in [0.15, 0.2) is 0 Å². The first-order valence-electron chi connectivity index (χ1n) is 9.46. The predicted molar refractivity (Wildman–Crippen MR) is 116 cm³/mol. The number of para-hydroxylation sites is 1. The first-order chi connectivity index (χ1) is 14.2. The first kappa shape index (κ1) is 17.1. The molecule has 4 aromatic rings. The van der Waals surface area contributed by atoms with E-state index in [-0.39, 0.29) is 0 Å². The average molecular weight is 375 g/mol. The molecular weight excluding hydrogens is 358 g/mol. The van der Waals surface area contributed by atoms with Gasteiger partial charge in [-0.05, 0) is 35.0 Å². The van der Waals surface area contributed by atoms with Crippen molar-refractivity contribution in [3.05, 3.63) is 114 Å². The van der Waals surface area contributed by atoms with E-state index < -0.39 is 11.6 Å². The summed E-state index contributed by atoms with van der Waals surface area (Å²) in [6.07, 6.45) is 1.45. The second-order valence-electron chi connectivity index (χ2n) is 6.97. The van der Waals surface area contributed by atoms with Crippen molar-refractivity contribution in [2.75, 3.05) is 4.90 Å². The maximum atomic E-state index is 12.5. The van der Waals surface area contributed by atoms with E-state index in [1.807, 2.05) is 65.6 Å². The van der Waals surface area contributed by atoms with E-state index in [1.165, 1.54) is 6.08 Å². The van der Waals surface area contributed by atoms with Gasteiger partial charge in [-0.3, -0.25) is 9.59 Å². The fraction of sp³-hybridized carbons (Fsp3) is 0. The summed E-state index contributed by atoms with van der Waals surface area (Å²) in [6, 6.07) is 31.6. The highest BCUT2D eigenvalue weighted by molar-refractivity contribution is 6.51. The van der Waals surface area contributed by atoms with Crippen LogP contribution in [-0.4, -0.2) is 11.6 Å². The number of ketones is 2. The van der Waals surface area contributed by atoms with Crippen LogP contribution in [0.1, 0.15) is 15.9 Å². The van der Waals surface area contributed by atoms with Crippen molar-refractivity contribution < 1.29 is 9.59 Å². The minimum atomic E-state index is -0.500. The van der Waals surface area contributed by atoms with Crippen molar-refractivity contribution >= 4 is 39.4 Å². The van der Waals surface area contributed by atoms with Crippen molar-refractivity contribution in [3.63, 3.8) is 0 Å². The monoisotopic (exact) mass is 375 g/mol. The highest BCUT2D eigenvalue weighted by atomic mass is 16.2. The third kappa shape index (κ3) is 2.93. The van der Waals surface area contributed by atoms with Gasteiger partial charge in [0.05, 0.1) is 5.70 Å². The van der Waals surface area contributed by atoms with Gasteiger partial charge in [0.25, 0.3) is 0 Å². The number of fused-ring (bicyclic) bond motifs is 2. The summed E-state index contributed by atoms with van der Waals surface area (Å²) in [4.78, 5) is 27.0. The molecule has 1 aliphatic rings. The Bertz CT molecular complexity index is 1290. The Morgan fingerprint density at radius 3 is 2.00 bits per heavy atom. The maximum absolute atomic E-state index is 12.5. The molecule has 0 atom stereocenters. The summed E-state index contributed by atoms with van der Waals surface area (Å²) < 4.78 is 0. The number of rotatable bonds is 3. The quantitative estimate of drug-likeness (QED) is 0.426. The van der Waals surface area contributed by atoms with Crippen LogP contribution in [0, 0.1) is 0 Å². The topological polar surface area (TPSA) is 37.4 Å². The van der Waals surface area contributed by atoms with Crippen molar-refractivity contribution in [2.45, 2.75) is 0 Å². The molecule has 0 aliphatic heterocycles. The van der Waals surface area contributed by atoms with Crippen molar-refractivity contribution in [2.24, 2.45) is 0 Å². The first-order valence-corrected chi connectivity index (χ1v) is 9.46. The van der Waals surface area contributed by atoms with Crippen LogP contribution in [0.5, 0.6) is 0 Å². The van der Waals surface area contributed by atoms with Gasteiger partial charge in [0.1, 0.15) is 0 Å². The molecule has 0 fully saturated rings. The number of hydrogen-bond acceptors (Lipinski definition) is 3. The molecule has 0 saturated carbocycles. The third-order valence-corrected chi connectivity index (χ3v) is 5.19. The third-order valence-electron chi connectivity index (χ3n) is 5.19. The van der Waals surface area contributed by atoms with E-state index >= 15 is 0 Å². The molecule has 0 radical (unpaired) electrons. The molecule has 0 spiro atoms. The number of benzene rings is 4. The van der Waals surface area contributed by atoms with Crippen LogP contribution in [0.25, 0.3) is 16.5 Å². The lowest BCUT2D eigenvalue weighted by molar-refractivity contribution is -0.111. The normalized spacial score (nSPS) is 13.2. The largest absolute Gasteiger partial charge is 0.310 e.